The molecule has 0 aliphatic heterocycles. The molecule has 0 aliphatic rings. The predicted octanol–water partition coefficient (Wildman–Crippen LogP) is 3.46. The Hall–Kier alpha value is -0.730. The van der Waals surface area contributed by atoms with E-state index in [0.717, 1.165) is 6.92 Å². The molecular formula is C8H11F3. The lowest BCUT2D eigenvalue weighted by molar-refractivity contribution is 0.401. The zero-order valence-corrected chi connectivity index (χ0v) is 6.79. The average Bonchev–Trinajstić information content (AvgIpc) is 1.84. The van der Waals surface area contributed by atoms with E-state index in [9.17, 15) is 13.2 Å². The minimum atomic E-state index is -1.37. The average molecular weight is 164 g/mol. The normalized spacial score (nSPS) is 17.8. The van der Waals surface area contributed by atoms with Crippen LogP contribution in [0.3, 0.4) is 0 Å². The van der Waals surface area contributed by atoms with Gasteiger partial charge in [0.05, 0.1) is 5.83 Å². The van der Waals surface area contributed by atoms with Gasteiger partial charge in [-0.1, -0.05) is 0 Å². The largest absolute Gasteiger partial charge is 0.243 e. The zero-order chi connectivity index (χ0) is 9.02. The lowest BCUT2D eigenvalue weighted by atomic mass is 10.2. The second-order valence-corrected chi connectivity index (χ2v) is 2.38. The molecule has 0 heterocycles. The van der Waals surface area contributed by atoms with Crippen LogP contribution in [0, 0.1) is 0 Å². The van der Waals surface area contributed by atoms with Crippen LogP contribution in [-0.4, -0.2) is 6.17 Å². The molecule has 3 heteroatoms. The number of hydrogen-bond acceptors (Lipinski definition) is 0. The highest BCUT2D eigenvalue weighted by Crippen LogP contribution is 2.15. The summed E-state index contributed by atoms with van der Waals surface area (Å²) >= 11 is 0. The summed E-state index contributed by atoms with van der Waals surface area (Å²) in [5.74, 6) is -1.50. The molecule has 11 heavy (non-hydrogen) atoms. The van der Waals surface area contributed by atoms with Gasteiger partial charge in [0, 0.05) is 6.08 Å². The number of rotatable bonds is 2. The number of hydrogen-bond donors (Lipinski definition) is 0. The van der Waals surface area contributed by atoms with Crippen LogP contribution in [-0.2, 0) is 0 Å². The fourth-order valence-electron chi connectivity index (χ4n) is 0.478. The van der Waals surface area contributed by atoms with Gasteiger partial charge in [0.1, 0.15) is 12.0 Å². The van der Waals surface area contributed by atoms with Crippen LogP contribution in [0.5, 0.6) is 0 Å². The van der Waals surface area contributed by atoms with Crippen LogP contribution in [0.1, 0.15) is 20.8 Å². The Morgan fingerprint density at radius 3 is 2.00 bits per heavy atom. The Balaban J connectivity index is 4.54. The topological polar surface area (TPSA) is 0 Å². The molecule has 0 rings (SSSR count). The minimum Gasteiger partial charge on any atom is -0.243 e. The molecule has 0 saturated heterocycles. The summed E-state index contributed by atoms with van der Waals surface area (Å²) in [5, 5.41) is 0. The van der Waals surface area contributed by atoms with Gasteiger partial charge >= 0.3 is 0 Å². The quantitative estimate of drug-likeness (QED) is 0.548. The first kappa shape index (κ1) is 10.3. The van der Waals surface area contributed by atoms with E-state index in [4.69, 9.17) is 0 Å². The molecule has 0 saturated carbocycles. The molecule has 0 spiro atoms. The number of alkyl halides is 1. The van der Waals surface area contributed by atoms with E-state index in [1.165, 1.54) is 13.8 Å². The molecule has 1 atom stereocenters. The highest BCUT2D eigenvalue weighted by Gasteiger charge is 2.06. The van der Waals surface area contributed by atoms with E-state index in [-0.39, 0.29) is 5.57 Å². The SMILES string of the molecule is C/C(F)=C\C(F)=C(\C)C(C)F. The van der Waals surface area contributed by atoms with Gasteiger partial charge < -0.3 is 0 Å². The van der Waals surface area contributed by atoms with Gasteiger partial charge in [-0.2, -0.15) is 0 Å². The molecule has 1 unspecified atom stereocenters. The summed E-state index contributed by atoms with van der Waals surface area (Å²) in [7, 11) is 0. The van der Waals surface area contributed by atoms with Crippen molar-refractivity contribution < 1.29 is 13.2 Å². The fourth-order valence-corrected chi connectivity index (χ4v) is 0.478. The third-order valence-corrected chi connectivity index (χ3v) is 1.30. The molecule has 64 valence electrons. The summed E-state index contributed by atoms with van der Waals surface area (Å²) in [6.07, 6.45) is -0.698. The van der Waals surface area contributed by atoms with Gasteiger partial charge in [-0.3, -0.25) is 0 Å². The minimum absolute atomic E-state index is 0.0815. The number of halogens is 3. The smallest absolute Gasteiger partial charge is 0.127 e. The van der Waals surface area contributed by atoms with Crippen LogP contribution in [0.2, 0.25) is 0 Å². The molecule has 0 radical (unpaired) electrons. The Labute approximate surface area is 64.4 Å². The molecule has 0 fully saturated rings. The van der Waals surface area contributed by atoms with E-state index >= 15 is 0 Å². The van der Waals surface area contributed by atoms with Crippen molar-refractivity contribution in [3.8, 4) is 0 Å². The van der Waals surface area contributed by atoms with Crippen molar-refractivity contribution in [3.63, 3.8) is 0 Å². The van der Waals surface area contributed by atoms with Crippen LogP contribution >= 0.6 is 0 Å². The first-order valence-corrected chi connectivity index (χ1v) is 3.29. The Morgan fingerprint density at radius 2 is 1.73 bits per heavy atom. The van der Waals surface area contributed by atoms with Crippen molar-refractivity contribution in [1.29, 1.82) is 0 Å². The van der Waals surface area contributed by atoms with Crippen molar-refractivity contribution in [1.82, 2.24) is 0 Å². The Bertz CT molecular complexity index is 186. The van der Waals surface area contributed by atoms with Gasteiger partial charge in [0.2, 0.25) is 0 Å². The summed E-state index contributed by atoms with van der Waals surface area (Å²) in [5.41, 5.74) is -0.0815. The second kappa shape index (κ2) is 4.21. The maximum atomic E-state index is 12.6. The molecule has 0 aliphatic carbocycles. The first-order valence-electron chi connectivity index (χ1n) is 3.29. The maximum absolute atomic E-state index is 12.6. The van der Waals surface area contributed by atoms with E-state index in [1.807, 2.05) is 0 Å². The van der Waals surface area contributed by atoms with Crippen molar-refractivity contribution in [3.05, 3.63) is 23.3 Å². The molecule has 0 aromatic heterocycles. The van der Waals surface area contributed by atoms with Gasteiger partial charge in [-0.15, -0.1) is 0 Å². The van der Waals surface area contributed by atoms with E-state index < -0.39 is 17.8 Å². The van der Waals surface area contributed by atoms with Crippen molar-refractivity contribution >= 4 is 0 Å². The molecule has 0 nitrogen and oxygen atoms in total. The van der Waals surface area contributed by atoms with Gasteiger partial charge in [0.25, 0.3) is 0 Å². The Morgan fingerprint density at radius 1 is 1.27 bits per heavy atom. The van der Waals surface area contributed by atoms with E-state index in [2.05, 4.69) is 0 Å². The predicted molar refractivity (Wildman–Crippen MR) is 39.2 cm³/mol. The third-order valence-electron chi connectivity index (χ3n) is 1.30. The summed E-state index contributed by atoms with van der Waals surface area (Å²) in [6, 6.07) is 0. The maximum Gasteiger partial charge on any atom is 0.127 e. The standard InChI is InChI=1S/C8H11F3/c1-5(9)4-8(11)6(2)7(3)10/h4,7H,1-3H3/b5-4+,8-6+. The summed E-state index contributed by atoms with van der Waals surface area (Å²) in [4.78, 5) is 0. The van der Waals surface area contributed by atoms with E-state index in [0.29, 0.717) is 6.08 Å². The lowest BCUT2D eigenvalue weighted by Gasteiger charge is -2.00. The molecule has 0 aromatic carbocycles. The lowest BCUT2D eigenvalue weighted by Crippen LogP contribution is -1.95. The van der Waals surface area contributed by atoms with Crippen LogP contribution in [0.15, 0.2) is 23.3 Å². The molecule has 0 bridgehead atoms. The third kappa shape index (κ3) is 3.86. The van der Waals surface area contributed by atoms with E-state index in [1.54, 1.807) is 0 Å². The molecular weight excluding hydrogens is 153 g/mol. The van der Waals surface area contributed by atoms with Crippen LogP contribution < -0.4 is 0 Å². The Kier molecular flexibility index (Phi) is 3.93. The summed E-state index contributed by atoms with van der Waals surface area (Å²) in [6.45, 7) is 3.60. The second-order valence-electron chi connectivity index (χ2n) is 2.38. The summed E-state index contributed by atoms with van der Waals surface area (Å²) < 4.78 is 37.0. The van der Waals surface area contributed by atoms with Crippen LogP contribution in [0.4, 0.5) is 13.2 Å². The fraction of sp³-hybridized carbons (Fsp3) is 0.500. The first-order chi connectivity index (χ1) is 4.95. The van der Waals surface area contributed by atoms with Gasteiger partial charge in [-0.25, -0.2) is 13.2 Å². The van der Waals surface area contributed by atoms with Gasteiger partial charge in [-0.05, 0) is 26.3 Å². The van der Waals surface area contributed by atoms with Crippen molar-refractivity contribution in [2.75, 3.05) is 0 Å². The molecule has 0 N–H and O–H groups in total. The molecule has 0 aromatic rings. The molecule has 0 amide bonds. The van der Waals surface area contributed by atoms with Crippen LogP contribution in [0.25, 0.3) is 0 Å². The highest BCUT2D eigenvalue weighted by molar-refractivity contribution is 5.21. The monoisotopic (exact) mass is 164 g/mol. The number of allylic oxidation sites excluding steroid dienone is 4. The van der Waals surface area contributed by atoms with Crippen molar-refractivity contribution in [2.45, 2.75) is 26.9 Å². The van der Waals surface area contributed by atoms with Gasteiger partial charge in [0.15, 0.2) is 0 Å². The van der Waals surface area contributed by atoms with Crippen molar-refractivity contribution in [2.24, 2.45) is 0 Å². The zero-order valence-electron chi connectivity index (χ0n) is 6.79. The highest BCUT2D eigenvalue weighted by atomic mass is 19.1.